The van der Waals surface area contributed by atoms with E-state index in [1.54, 1.807) is 6.07 Å². The third-order valence-electron chi connectivity index (χ3n) is 2.09. The molecule has 6 heteroatoms. The van der Waals surface area contributed by atoms with Crippen LogP contribution in [0, 0.1) is 0 Å². The van der Waals surface area contributed by atoms with E-state index in [4.69, 9.17) is 4.74 Å². The maximum Gasteiger partial charge on any atom is 0.573 e. The number of alkyl halides is 3. The van der Waals surface area contributed by atoms with Gasteiger partial charge in [0.1, 0.15) is 17.6 Å². The average molecular weight is 233 g/mol. The molecule has 0 aromatic heterocycles. The van der Waals surface area contributed by atoms with Crippen molar-refractivity contribution in [1.82, 2.24) is 5.32 Å². The number of halogens is 3. The number of hydrogen-bond donors (Lipinski definition) is 1. The molecule has 0 bridgehead atoms. The van der Waals surface area contributed by atoms with Crippen LogP contribution < -0.4 is 14.8 Å². The van der Waals surface area contributed by atoms with Gasteiger partial charge in [0.05, 0.1) is 0 Å². The molecule has 0 unspecified atom stereocenters. The lowest BCUT2D eigenvalue weighted by Gasteiger charge is -2.27. The summed E-state index contributed by atoms with van der Waals surface area (Å²) in [5.41, 5.74) is 0. The van der Waals surface area contributed by atoms with Crippen LogP contribution in [0.5, 0.6) is 11.5 Å². The molecule has 2 rings (SSSR count). The van der Waals surface area contributed by atoms with Gasteiger partial charge in [-0.1, -0.05) is 6.07 Å². The molecular formula is C10H10F3NO2. The third kappa shape index (κ3) is 3.03. The molecule has 1 aliphatic heterocycles. The van der Waals surface area contributed by atoms with Crippen molar-refractivity contribution in [3.63, 3.8) is 0 Å². The average Bonchev–Trinajstić information content (AvgIpc) is 2.09. The summed E-state index contributed by atoms with van der Waals surface area (Å²) < 4.78 is 45.0. The standard InChI is InChI=1S/C10H10F3NO2/c11-10(12,13)16-8-3-1-2-7(4-8)15-9-5-14-6-9/h1-4,9,14H,5-6H2. The van der Waals surface area contributed by atoms with Crippen LogP contribution in [0.15, 0.2) is 24.3 Å². The maximum atomic E-state index is 11.9. The fourth-order valence-corrected chi connectivity index (χ4v) is 1.28. The Hall–Kier alpha value is -1.43. The van der Waals surface area contributed by atoms with E-state index < -0.39 is 6.36 Å². The number of ether oxygens (including phenoxy) is 2. The van der Waals surface area contributed by atoms with Gasteiger partial charge in [-0.05, 0) is 12.1 Å². The van der Waals surface area contributed by atoms with Crippen molar-refractivity contribution >= 4 is 0 Å². The Morgan fingerprint density at radius 1 is 1.19 bits per heavy atom. The Morgan fingerprint density at radius 2 is 1.88 bits per heavy atom. The van der Waals surface area contributed by atoms with E-state index in [1.807, 2.05) is 0 Å². The van der Waals surface area contributed by atoms with Crippen molar-refractivity contribution in [2.45, 2.75) is 12.5 Å². The first-order valence-electron chi connectivity index (χ1n) is 4.76. The molecule has 16 heavy (non-hydrogen) atoms. The lowest BCUT2D eigenvalue weighted by molar-refractivity contribution is -0.274. The van der Waals surface area contributed by atoms with Gasteiger partial charge in [-0.25, -0.2) is 0 Å². The Bertz CT molecular complexity index is 363. The second kappa shape index (κ2) is 4.21. The quantitative estimate of drug-likeness (QED) is 0.865. The Labute approximate surface area is 90.2 Å². The molecule has 0 amide bonds. The van der Waals surface area contributed by atoms with E-state index in [2.05, 4.69) is 10.1 Å². The Kier molecular flexibility index (Phi) is 2.91. The summed E-state index contributed by atoms with van der Waals surface area (Å²) in [5.74, 6) is 0.116. The van der Waals surface area contributed by atoms with Gasteiger partial charge >= 0.3 is 6.36 Å². The Balaban J connectivity index is 2.00. The first-order chi connectivity index (χ1) is 7.53. The second-order valence-electron chi connectivity index (χ2n) is 3.42. The monoisotopic (exact) mass is 233 g/mol. The predicted molar refractivity (Wildman–Crippen MR) is 50.4 cm³/mol. The highest BCUT2D eigenvalue weighted by molar-refractivity contribution is 5.33. The molecule has 1 saturated heterocycles. The number of hydrogen-bond acceptors (Lipinski definition) is 3. The summed E-state index contributed by atoms with van der Waals surface area (Å²) >= 11 is 0. The first kappa shape index (κ1) is 11.1. The van der Waals surface area contributed by atoms with Gasteiger partial charge < -0.3 is 14.8 Å². The van der Waals surface area contributed by atoms with E-state index in [0.29, 0.717) is 18.8 Å². The number of benzene rings is 1. The van der Waals surface area contributed by atoms with E-state index in [1.165, 1.54) is 18.2 Å². The molecule has 1 aromatic carbocycles. The van der Waals surface area contributed by atoms with Gasteiger partial charge in [0.25, 0.3) is 0 Å². The molecule has 0 radical (unpaired) electrons. The fourth-order valence-electron chi connectivity index (χ4n) is 1.28. The molecule has 1 aromatic rings. The summed E-state index contributed by atoms with van der Waals surface area (Å²) in [6.07, 6.45) is -4.64. The van der Waals surface area contributed by atoms with Gasteiger partial charge in [-0.2, -0.15) is 0 Å². The molecular weight excluding hydrogens is 223 g/mol. The smallest absolute Gasteiger partial charge is 0.488 e. The van der Waals surface area contributed by atoms with E-state index in [0.717, 1.165) is 0 Å². The van der Waals surface area contributed by atoms with Gasteiger partial charge in [0, 0.05) is 19.2 Å². The summed E-state index contributed by atoms with van der Waals surface area (Å²) in [6, 6.07) is 5.52. The van der Waals surface area contributed by atoms with Crippen LogP contribution in [-0.4, -0.2) is 25.6 Å². The predicted octanol–water partition coefficient (Wildman–Crippen LogP) is 1.94. The molecule has 1 aliphatic rings. The Morgan fingerprint density at radius 3 is 2.44 bits per heavy atom. The second-order valence-corrected chi connectivity index (χ2v) is 3.42. The van der Waals surface area contributed by atoms with Gasteiger partial charge in [-0.3, -0.25) is 0 Å². The van der Waals surface area contributed by atoms with Gasteiger partial charge in [-0.15, -0.1) is 13.2 Å². The normalized spacial score (nSPS) is 16.7. The summed E-state index contributed by atoms with van der Waals surface area (Å²) in [6.45, 7) is 1.43. The zero-order valence-corrected chi connectivity index (χ0v) is 8.25. The zero-order chi connectivity index (χ0) is 11.6. The van der Waals surface area contributed by atoms with Gasteiger partial charge in [0.15, 0.2) is 0 Å². The molecule has 88 valence electrons. The van der Waals surface area contributed by atoms with E-state index in [-0.39, 0.29) is 11.9 Å². The molecule has 0 aliphatic carbocycles. The van der Waals surface area contributed by atoms with Crippen LogP contribution in [0.2, 0.25) is 0 Å². The summed E-state index contributed by atoms with van der Waals surface area (Å²) in [7, 11) is 0. The minimum Gasteiger partial charge on any atom is -0.488 e. The molecule has 0 saturated carbocycles. The lowest BCUT2D eigenvalue weighted by atomic mass is 10.2. The maximum absolute atomic E-state index is 11.9. The van der Waals surface area contributed by atoms with E-state index in [9.17, 15) is 13.2 Å². The molecule has 0 spiro atoms. The van der Waals surface area contributed by atoms with Crippen LogP contribution in [0.1, 0.15) is 0 Å². The van der Waals surface area contributed by atoms with Crippen molar-refractivity contribution < 1.29 is 22.6 Å². The minimum absolute atomic E-state index is 0.0288. The first-order valence-corrected chi connectivity index (χ1v) is 4.76. The number of nitrogens with one attached hydrogen (secondary N) is 1. The van der Waals surface area contributed by atoms with Crippen LogP contribution in [0.3, 0.4) is 0 Å². The fraction of sp³-hybridized carbons (Fsp3) is 0.400. The van der Waals surface area contributed by atoms with Crippen molar-refractivity contribution in [1.29, 1.82) is 0 Å². The lowest BCUT2D eigenvalue weighted by Crippen LogP contribution is -2.50. The largest absolute Gasteiger partial charge is 0.573 e. The van der Waals surface area contributed by atoms with Gasteiger partial charge in [0.2, 0.25) is 0 Å². The van der Waals surface area contributed by atoms with Crippen LogP contribution >= 0.6 is 0 Å². The molecule has 0 atom stereocenters. The molecule has 1 fully saturated rings. The van der Waals surface area contributed by atoms with E-state index >= 15 is 0 Å². The summed E-state index contributed by atoms with van der Waals surface area (Å²) in [5, 5.41) is 3.00. The highest BCUT2D eigenvalue weighted by atomic mass is 19.4. The number of rotatable bonds is 3. The molecule has 1 heterocycles. The van der Waals surface area contributed by atoms with Crippen LogP contribution in [0.25, 0.3) is 0 Å². The van der Waals surface area contributed by atoms with Crippen LogP contribution in [-0.2, 0) is 0 Å². The van der Waals surface area contributed by atoms with Crippen molar-refractivity contribution in [2.75, 3.05) is 13.1 Å². The third-order valence-corrected chi connectivity index (χ3v) is 2.09. The topological polar surface area (TPSA) is 30.5 Å². The SMILES string of the molecule is FC(F)(F)Oc1cccc(OC2CNC2)c1. The van der Waals surface area contributed by atoms with Crippen molar-refractivity contribution in [3.8, 4) is 11.5 Å². The highest BCUT2D eigenvalue weighted by Gasteiger charge is 2.31. The van der Waals surface area contributed by atoms with Crippen molar-refractivity contribution in [3.05, 3.63) is 24.3 Å². The summed E-state index contributed by atoms with van der Waals surface area (Å²) in [4.78, 5) is 0. The van der Waals surface area contributed by atoms with Crippen molar-refractivity contribution in [2.24, 2.45) is 0 Å². The zero-order valence-electron chi connectivity index (χ0n) is 8.25. The van der Waals surface area contributed by atoms with Crippen LogP contribution in [0.4, 0.5) is 13.2 Å². The molecule has 3 nitrogen and oxygen atoms in total. The highest BCUT2D eigenvalue weighted by Crippen LogP contribution is 2.26. The molecule has 1 N–H and O–H groups in total. The minimum atomic E-state index is -4.67.